The Hall–Kier alpha value is -0.610. The highest BCUT2D eigenvalue weighted by atomic mass is 79.9. The third-order valence-corrected chi connectivity index (χ3v) is 3.71. The molecule has 0 atom stereocenters. The van der Waals surface area contributed by atoms with Crippen molar-refractivity contribution >= 4 is 21.6 Å². The highest BCUT2D eigenvalue weighted by molar-refractivity contribution is 9.10. The summed E-state index contributed by atoms with van der Waals surface area (Å²) in [5.74, 6) is -0.225. The van der Waals surface area contributed by atoms with Crippen molar-refractivity contribution in [2.24, 2.45) is 5.73 Å². The molecule has 0 unspecified atom stereocenters. The second kappa shape index (κ2) is 5.15. The van der Waals surface area contributed by atoms with E-state index in [0.29, 0.717) is 16.6 Å². The maximum Gasteiger partial charge on any atom is 0.139 e. The molecule has 0 bridgehead atoms. The Morgan fingerprint density at radius 1 is 1.25 bits per heavy atom. The van der Waals surface area contributed by atoms with E-state index in [1.807, 2.05) is 6.07 Å². The molecular weight excluding hydrogens is 271 g/mol. The molecule has 0 aromatic heterocycles. The first kappa shape index (κ1) is 11.9. The van der Waals surface area contributed by atoms with Gasteiger partial charge >= 0.3 is 0 Å². The maximum absolute atomic E-state index is 13.3. The van der Waals surface area contributed by atoms with Gasteiger partial charge in [-0.25, -0.2) is 4.39 Å². The largest absolute Gasteiger partial charge is 0.382 e. The molecule has 0 heterocycles. The van der Waals surface area contributed by atoms with Crippen molar-refractivity contribution in [1.29, 1.82) is 0 Å². The van der Waals surface area contributed by atoms with Crippen LogP contribution in [0.4, 0.5) is 10.1 Å². The Kier molecular flexibility index (Phi) is 3.82. The Morgan fingerprint density at radius 3 is 2.56 bits per heavy atom. The van der Waals surface area contributed by atoms with Crippen molar-refractivity contribution in [1.82, 2.24) is 0 Å². The van der Waals surface area contributed by atoms with Gasteiger partial charge in [0.2, 0.25) is 0 Å². The predicted octanol–water partition coefficient (Wildman–Crippen LogP) is 3.27. The quantitative estimate of drug-likeness (QED) is 0.876. The van der Waals surface area contributed by atoms with Crippen LogP contribution in [-0.2, 0) is 0 Å². The lowest BCUT2D eigenvalue weighted by Gasteiger charge is -2.27. The van der Waals surface area contributed by atoms with Crippen LogP contribution in [0, 0.1) is 5.82 Å². The van der Waals surface area contributed by atoms with Crippen LogP contribution in [-0.4, -0.2) is 12.1 Å². The minimum Gasteiger partial charge on any atom is -0.382 e. The lowest BCUT2D eigenvalue weighted by Crippen LogP contribution is -2.32. The second-order valence-corrected chi connectivity index (χ2v) is 5.24. The molecule has 1 aromatic carbocycles. The zero-order valence-corrected chi connectivity index (χ0v) is 10.6. The van der Waals surface area contributed by atoms with E-state index in [-0.39, 0.29) is 5.82 Å². The molecule has 0 aliphatic heterocycles. The van der Waals surface area contributed by atoms with Gasteiger partial charge in [0.05, 0.1) is 4.47 Å². The minimum atomic E-state index is -0.225. The number of halogens is 2. The monoisotopic (exact) mass is 286 g/mol. The smallest absolute Gasteiger partial charge is 0.139 e. The Bertz CT molecular complexity index is 362. The molecule has 0 amide bonds. The number of nitrogens with two attached hydrogens (primary N) is 1. The summed E-state index contributed by atoms with van der Waals surface area (Å²) in [5, 5.41) is 3.35. The van der Waals surface area contributed by atoms with Crippen molar-refractivity contribution in [2.75, 3.05) is 5.32 Å². The highest BCUT2D eigenvalue weighted by Gasteiger charge is 2.18. The zero-order valence-electron chi connectivity index (χ0n) is 9.05. The number of nitrogens with one attached hydrogen (secondary N) is 1. The van der Waals surface area contributed by atoms with E-state index in [2.05, 4.69) is 21.2 Å². The van der Waals surface area contributed by atoms with E-state index in [0.717, 1.165) is 31.4 Å². The predicted molar refractivity (Wildman–Crippen MR) is 68.0 cm³/mol. The standard InChI is InChI=1S/C12H16BrFN2/c13-11-6-5-10(7-12(11)14)16-9-3-1-8(15)2-4-9/h5-9,16H,1-4,15H2. The van der Waals surface area contributed by atoms with E-state index in [9.17, 15) is 4.39 Å². The number of benzene rings is 1. The van der Waals surface area contributed by atoms with Gasteiger partial charge in [0.25, 0.3) is 0 Å². The van der Waals surface area contributed by atoms with Gasteiger partial charge in [-0.3, -0.25) is 0 Å². The fraction of sp³-hybridized carbons (Fsp3) is 0.500. The molecule has 1 aliphatic carbocycles. The molecule has 2 nitrogen and oxygen atoms in total. The Balaban J connectivity index is 1.96. The topological polar surface area (TPSA) is 38.0 Å². The number of anilines is 1. The third kappa shape index (κ3) is 2.95. The molecule has 1 saturated carbocycles. The molecule has 0 radical (unpaired) electrons. The number of hydrogen-bond acceptors (Lipinski definition) is 2. The van der Waals surface area contributed by atoms with Gasteiger partial charge in [-0.2, -0.15) is 0 Å². The van der Waals surface area contributed by atoms with Crippen LogP contribution in [0.5, 0.6) is 0 Å². The van der Waals surface area contributed by atoms with E-state index >= 15 is 0 Å². The Morgan fingerprint density at radius 2 is 1.94 bits per heavy atom. The molecule has 0 saturated heterocycles. The van der Waals surface area contributed by atoms with Crippen molar-refractivity contribution in [3.05, 3.63) is 28.5 Å². The van der Waals surface area contributed by atoms with Gasteiger partial charge in [-0.15, -0.1) is 0 Å². The summed E-state index contributed by atoms with van der Waals surface area (Å²) in [6, 6.07) is 5.92. The van der Waals surface area contributed by atoms with Crippen molar-refractivity contribution < 1.29 is 4.39 Å². The molecule has 1 aliphatic rings. The molecule has 4 heteroatoms. The van der Waals surface area contributed by atoms with Crippen LogP contribution in [0.1, 0.15) is 25.7 Å². The van der Waals surface area contributed by atoms with Gasteiger partial charge in [0.1, 0.15) is 5.82 Å². The molecule has 3 N–H and O–H groups in total. The summed E-state index contributed by atoms with van der Waals surface area (Å²) in [7, 11) is 0. The first-order chi connectivity index (χ1) is 7.65. The van der Waals surface area contributed by atoms with Crippen LogP contribution < -0.4 is 11.1 Å². The van der Waals surface area contributed by atoms with Crippen LogP contribution in [0.15, 0.2) is 22.7 Å². The summed E-state index contributed by atoms with van der Waals surface area (Å²) in [6.07, 6.45) is 4.24. The third-order valence-electron chi connectivity index (χ3n) is 3.06. The van der Waals surface area contributed by atoms with Crippen molar-refractivity contribution in [2.45, 2.75) is 37.8 Å². The van der Waals surface area contributed by atoms with E-state index < -0.39 is 0 Å². The lowest BCUT2D eigenvalue weighted by molar-refractivity contribution is 0.411. The van der Waals surface area contributed by atoms with Crippen LogP contribution in [0.2, 0.25) is 0 Å². The van der Waals surface area contributed by atoms with Gasteiger partial charge in [-0.05, 0) is 59.8 Å². The summed E-state index contributed by atoms with van der Waals surface area (Å²) >= 11 is 3.14. The fourth-order valence-electron chi connectivity index (χ4n) is 2.09. The van der Waals surface area contributed by atoms with Gasteiger partial charge in [-0.1, -0.05) is 0 Å². The van der Waals surface area contributed by atoms with Gasteiger partial charge in [0, 0.05) is 17.8 Å². The highest BCUT2D eigenvalue weighted by Crippen LogP contribution is 2.24. The second-order valence-electron chi connectivity index (χ2n) is 4.38. The molecule has 2 rings (SSSR count). The van der Waals surface area contributed by atoms with Crippen LogP contribution in [0.25, 0.3) is 0 Å². The molecule has 16 heavy (non-hydrogen) atoms. The first-order valence-electron chi connectivity index (χ1n) is 5.62. The average molecular weight is 287 g/mol. The molecule has 1 fully saturated rings. The van der Waals surface area contributed by atoms with Crippen molar-refractivity contribution in [3.63, 3.8) is 0 Å². The summed E-state index contributed by atoms with van der Waals surface area (Å²) in [6.45, 7) is 0. The maximum atomic E-state index is 13.3. The summed E-state index contributed by atoms with van der Waals surface area (Å²) in [4.78, 5) is 0. The van der Waals surface area contributed by atoms with Gasteiger partial charge < -0.3 is 11.1 Å². The average Bonchev–Trinajstić information content (AvgIpc) is 2.27. The molecule has 1 aromatic rings. The van der Waals surface area contributed by atoms with Gasteiger partial charge in [0.15, 0.2) is 0 Å². The fourth-order valence-corrected chi connectivity index (χ4v) is 2.33. The normalized spacial score (nSPS) is 25.4. The Labute approximate surface area is 104 Å². The minimum absolute atomic E-state index is 0.225. The first-order valence-corrected chi connectivity index (χ1v) is 6.41. The number of rotatable bonds is 2. The number of hydrogen-bond donors (Lipinski definition) is 2. The van der Waals surface area contributed by atoms with E-state index in [1.165, 1.54) is 6.07 Å². The SMILES string of the molecule is NC1CCC(Nc2ccc(Br)c(F)c2)CC1. The molecule has 0 spiro atoms. The molecular formula is C12H16BrFN2. The zero-order chi connectivity index (χ0) is 11.5. The van der Waals surface area contributed by atoms with Crippen LogP contribution in [0.3, 0.4) is 0 Å². The summed E-state index contributed by atoms with van der Waals surface area (Å²) < 4.78 is 13.8. The van der Waals surface area contributed by atoms with E-state index in [4.69, 9.17) is 5.73 Å². The van der Waals surface area contributed by atoms with Crippen LogP contribution >= 0.6 is 15.9 Å². The van der Waals surface area contributed by atoms with E-state index in [1.54, 1.807) is 6.07 Å². The van der Waals surface area contributed by atoms with Crippen molar-refractivity contribution in [3.8, 4) is 0 Å². The lowest BCUT2D eigenvalue weighted by atomic mass is 9.92. The molecule has 88 valence electrons. The summed E-state index contributed by atoms with van der Waals surface area (Å²) in [5.41, 5.74) is 6.69.